The number of carbonyl (C=O) groups excluding carboxylic acids is 1. The van der Waals surface area contributed by atoms with Crippen LogP contribution in [0.5, 0.6) is 5.75 Å². The number of rotatable bonds is 9. The van der Waals surface area contributed by atoms with Gasteiger partial charge in [-0.15, -0.1) is 0 Å². The second-order valence-electron chi connectivity index (χ2n) is 6.63. The summed E-state index contributed by atoms with van der Waals surface area (Å²) in [5, 5.41) is 6.88. The van der Waals surface area contributed by atoms with E-state index in [1.807, 2.05) is 43.3 Å². The first-order valence-corrected chi connectivity index (χ1v) is 9.52. The van der Waals surface area contributed by atoms with Gasteiger partial charge in [0.25, 0.3) is 5.91 Å². The van der Waals surface area contributed by atoms with Crippen LogP contribution in [-0.4, -0.2) is 22.7 Å². The molecule has 0 saturated heterocycles. The first kappa shape index (κ1) is 19.6. The van der Waals surface area contributed by atoms with Crippen molar-refractivity contribution in [3.8, 4) is 17.1 Å². The van der Waals surface area contributed by atoms with Crippen molar-refractivity contribution in [2.75, 3.05) is 6.61 Å². The highest BCUT2D eigenvalue weighted by molar-refractivity contribution is 5.77. The van der Waals surface area contributed by atoms with E-state index in [0.29, 0.717) is 24.0 Å². The summed E-state index contributed by atoms with van der Waals surface area (Å²) in [6, 6.07) is 15.3. The zero-order valence-corrected chi connectivity index (χ0v) is 16.3. The summed E-state index contributed by atoms with van der Waals surface area (Å²) in [7, 11) is 0. The van der Waals surface area contributed by atoms with Gasteiger partial charge in [-0.1, -0.05) is 42.8 Å². The topological polar surface area (TPSA) is 77.2 Å². The number of nitrogens with zero attached hydrogens (tertiary/aromatic N) is 2. The molecule has 1 N–H and O–H groups in total. The molecule has 0 radical (unpaired) electrons. The molecule has 0 saturated carbocycles. The van der Waals surface area contributed by atoms with Crippen molar-refractivity contribution in [3.05, 3.63) is 65.5 Å². The summed E-state index contributed by atoms with van der Waals surface area (Å²) < 4.78 is 10.8. The zero-order valence-electron chi connectivity index (χ0n) is 16.3. The predicted octanol–water partition coefficient (Wildman–Crippen LogP) is 4.08. The van der Waals surface area contributed by atoms with Crippen LogP contribution in [0, 0.1) is 6.92 Å². The molecule has 1 amide bonds. The van der Waals surface area contributed by atoms with Crippen molar-refractivity contribution >= 4 is 5.91 Å². The van der Waals surface area contributed by atoms with Gasteiger partial charge in [0.15, 0.2) is 6.61 Å². The van der Waals surface area contributed by atoms with Crippen molar-refractivity contribution in [1.82, 2.24) is 15.5 Å². The Kier molecular flexibility index (Phi) is 6.78. The Morgan fingerprint density at radius 1 is 1.14 bits per heavy atom. The number of ether oxygens (including phenoxy) is 1. The minimum absolute atomic E-state index is 0.0331. The van der Waals surface area contributed by atoms with Gasteiger partial charge in [0.05, 0.1) is 0 Å². The molecule has 0 aliphatic rings. The maximum absolute atomic E-state index is 12.0. The number of aromatic nitrogens is 2. The molecule has 1 heterocycles. The molecule has 2 aromatic carbocycles. The molecule has 0 atom stereocenters. The highest BCUT2D eigenvalue weighted by Crippen LogP contribution is 2.20. The van der Waals surface area contributed by atoms with E-state index in [0.717, 1.165) is 36.0 Å². The lowest BCUT2D eigenvalue weighted by atomic mass is 10.1. The van der Waals surface area contributed by atoms with Gasteiger partial charge in [-0.25, -0.2) is 0 Å². The van der Waals surface area contributed by atoms with Crippen LogP contribution in [0.2, 0.25) is 0 Å². The van der Waals surface area contributed by atoms with E-state index >= 15 is 0 Å². The van der Waals surface area contributed by atoms with Crippen molar-refractivity contribution in [3.63, 3.8) is 0 Å². The Morgan fingerprint density at radius 3 is 2.68 bits per heavy atom. The molecule has 6 heteroatoms. The highest BCUT2D eigenvalue weighted by Gasteiger charge is 2.09. The normalized spacial score (nSPS) is 10.6. The molecule has 0 fully saturated rings. The molecule has 6 nitrogen and oxygen atoms in total. The maximum atomic E-state index is 12.0. The monoisotopic (exact) mass is 379 g/mol. The summed E-state index contributed by atoms with van der Waals surface area (Å²) >= 11 is 0. The average Bonchev–Trinajstić information content (AvgIpc) is 3.19. The summed E-state index contributed by atoms with van der Waals surface area (Å²) in [4.78, 5) is 16.4. The first-order chi connectivity index (χ1) is 13.7. The molecule has 1 aromatic heterocycles. The van der Waals surface area contributed by atoms with Crippen LogP contribution in [0.1, 0.15) is 36.8 Å². The van der Waals surface area contributed by atoms with Gasteiger partial charge in [-0.2, -0.15) is 4.98 Å². The summed E-state index contributed by atoms with van der Waals surface area (Å²) in [6.45, 7) is 4.61. The van der Waals surface area contributed by atoms with Gasteiger partial charge in [-0.05, 0) is 48.7 Å². The Morgan fingerprint density at radius 2 is 1.93 bits per heavy atom. The molecule has 0 bridgehead atoms. The molecule has 146 valence electrons. The number of unbranched alkanes of at least 4 members (excludes halogenated alkanes) is 1. The average molecular weight is 379 g/mol. The van der Waals surface area contributed by atoms with E-state index in [1.165, 1.54) is 0 Å². The van der Waals surface area contributed by atoms with Gasteiger partial charge in [0.1, 0.15) is 5.75 Å². The fourth-order valence-electron chi connectivity index (χ4n) is 2.70. The Balaban J connectivity index is 1.48. The summed E-state index contributed by atoms with van der Waals surface area (Å²) in [5.74, 6) is 1.67. The van der Waals surface area contributed by atoms with Crippen LogP contribution in [0.4, 0.5) is 0 Å². The largest absolute Gasteiger partial charge is 0.484 e. The molecule has 0 unspecified atom stereocenters. The number of aryl methyl sites for hydroxylation is 2. The number of hydrogen-bond donors (Lipinski definition) is 1. The number of amides is 1. The molecule has 0 spiro atoms. The van der Waals surface area contributed by atoms with E-state index < -0.39 is 0 Å². The SMILES string of the molecule is CCCCc1nc(-c2ccc(OCC(=O)NCc3ccccc3C)cc2)no1. The zero-order chi connectivity index (χ0) is 19.8. The number of benzene rings is 2. The molecule has 0 aliphatic heterocycles. The van der Waals surface area contributed by atoms with Crippen molar-refractivity contribution in [2.24, 2.45) is 0 Å². The predicted molar refractivity (Wildman–Crippen MR) is 107 cm³/mol. The van der Waals surface area contributed by atoms with Gasteiger partial charge in [-0.3, -0.25) is 4.79 Å². The van der Waals surface area contributed by atoms with E-state index in [-0.39, 0.29) is 12.5 Å². The van der Waals surface area contributed by atoms with Gasteiger partial charge in [0, 0.05) is 18.5 Å². The van der Waals surface area contributed by atoms with Crippen LogP contribution >= 0.6 is 0 Å². The lowest BCUT2D eigenvalue weighted by Gasteiger charge is -2.09. The molecular formula is C22H25N3O3. The lowest BCUT2D eigenvalue weighted by Crippen LogP contribution is -2.28. The van der Waals surface area contributed by atoms with Gasteiger partial charge >= 0.3 is 0 Å². The summed E-state index contributed by atoms with van der Waals surface area (Å²) in [5.41, 5.74) is 3.10. The Hall–Kier alpha value is -3.15. The molecule has 3 rings (SSSR count). The van der Waals surface area contributed by atoms with Crippen LogP contribution in [0.25, 0.3) is 11.4 Å². The fourth-order valence-corrected chi connectivity index (χ4v) is 2.70. The minimum atomic E-state index is -0.161. The summed E-state index contributed by atoms with van der Waals surface area (Å²) in [6.07, 6.45) is 2.91. The fraction of sp³-hybridized carbons (Fsp3) is 0.318. The second kappa shape index (κ2) is 9.69. The van der Waals surface area contributed by atoms with E-state index in [2.05, 4.69) is 22.4 Å². The van der Waals surface area contributed by atoms with Crippen molar-refractivity contribution < 1.29 is 14.1 Å². The molecule has 28 heavy (non-hydrogen) atoms. The standard InChI is InChI=1S/C22H25N3O3/c1-3-4-9-21-24-22(25-28-21)17-10-12-19(13-11-17)27-15-20(26)23-14-18-8-6-5-7-16(18)2/h5-8,10-13H,3-4,9,14-15H2,1-2H3,(H,23,26). The minimum Gasteiger partial charge on any atom is -0.484 e. The van der Waals surface area contributed by atoms with Crippen LogP contribution in [-0.2, 0) is 17.8 Å². The van der Waals surface area contributed by atoms with Gasteiger partial charge < -0.3 is 14.6 Å². The lowest BCUT2D eigenvalue weighted by molar-refractivity contribution is -0.123. The third-order valence-corrected chi connectivity index (χ3v) is 4.43. The first-order valence-electron chi connectivity index (χ1n) is 9.52. The van der Waals surface area contributed by atoms with Crippen LogP contribution < -0.4 is 10.1 Å². The quantitative estimate of drug-likeness (QED) is 0.606. The third kappa shape index (κ3) is 5.42. The van der Waals surface area contributed by atoms with Crippen molar-refractivity contribution in [1.29, 1.82) is 0 Å². The number of hydrogen-bond acceptors (Lipinski definition) is 5. The maximum Gasteiger partial charge on any atom is 0.258 e. The van der Waals surface area contributed by atoms with E-state index in [4.69, 9.17) is 9.26 Å². The number of nitrogens with one attached hydrogen (secondary N) is 1. The Bertz CT molecular complexity index is 903. The number of carbonyl (C=O) groups is 1. The van der Waals surface area contributed by atoms with Gasteiger partial charge in [0.2, 0.25) is 11.7 Å². The smallest absolute Gasteiger partial charge is 0.258 e. The van der Waals surface area contributed by atoms with Crippen LogP contribution in [0.3, 0.4) is 0 Å². The van der Waals surface area contributed by atoms with E-state index in [1.54, 1.807) is 12.1 Å². The molecular weight excluding hydrogens is 354 g/mol. The highest BCUT2D eigenvalue weighted by atomic mass is 16.5. The third-order valence-electron chi connectivity index (χ3n) is 4.43. The van der Waals surface area contributed by atoms with Crippen molar-refractivity contribution in [2.45, 2.75) is 39.7 Å². The van der Waals surface area contributed by atoms with Crippen LogP contribution in [0.15, 0.2) is 53.1 Å². The Labute approximate surface area is 164 Å². The van der Waals surface area contributed by atoms with E-state index in [9.17, 15) is 4.79 Å². The molecule has 3 aromatic rings. The second-order valence-corrected chi connectivity index (χ2v) is 6.63. The molecule has 0 aliphatic carbocycles.